The highest BCUT2D eigenvalue weighted by molar-refractivity contribution is 9.10. The molecule has 0 aliphatic heterocycles. The molecule has 3 rings (SSSR count). The minimum absolute atomic E-state index is 0.395. The third kappa shape index (κ3) is 4.56. The van der Waals surface area contributed by atoms with E-state index in [1.54, 1.807) is 0 Å². The highest BCUT2D eigenvalue weighted by Crippen LogP contribution is 2.38. The molecule has 0 saturated heterocycles. The summed E-state index contributed by atoms with van der Waals surface area (Å²) in [6.45, 7) is 8.93. The van der Waals surface area contributed by atoms with Gasteiger partial charge in [-0.1, -0.05) is 104 Å². The molecule has 0 fully saturated rings. The minimum atomic E-state index is 0.395. The average Bonchev–Trinajstić information content (AvgIpc) is 2.67. The molecule has 0 aliphatic carbocycles. The second-order valence-corrected chi connectivity index (χ2v) is 8.35. The Hall–Kier alpha value is -2.19. The van der Waals surface area contributed by atoms with Gasteiger partial charge >= 0.3 is 0 Å². The molecule has 0 atom stereocenters. The van der Waals surface area contributed by atoms with Gasteiger partial charge in [0.15, 0.2) is 0 Å². The Morgan fingerprint density at radius 3 is 1.48 bits per heavy atom. The first kappa shape index (κ1) is 19.6. The SMILES string of the molecule is CC(C)c1cc(Br)cc(C(C)C)c1N=C(c1ccccc1)c1ccccc1. The van der Waals surface area contributed by atoms with E-state index < -0.39 is 0 Å². The van der Waals surface area contributed by atoms with Crippen LogP contribution in [-0.4, -0.2) is 5.71 Å². The van der Waals surface area contributed by atoms with Crippen molar-refractivity contribution >= 4 is 27.3 Å². The third-order valence-corrected chi connectivity index (χ3v) is 5.15. The Labute approximate surface area is 171 Å². The maximum atomic E-state index is 5.28. The molecular formula is C25H26BrN. The second kappa shape index (κ2) is 8.67. The number of nitrogens with zero attached hydrogens (tertiary/aromatic N) is 1. The summed E-state index contributed by atoms with van der Waals surface area (Å²) in [5.41, 5.74) is 6.94. The Kier molecular flexibility index (Phi) is 6.28. The van der Waals surface area contributed by atoms with Gasteiger partial charge in [-0.2, -0.15) is 0 Å². The van der Waals surface area contributed by atoms with E-state index in [-0.39, 0.29) is 0 Å². The van der Waals surface area contributed by atoms with Gasteiger partial charge in [-0.3, -0.25) is 0 Å². The fraction of sp³-hybridized carbons (Fsp3) is 0.240. The van der Waals surface area contributed by atoms with E-state index in [0.717, 1.165) is 27.0 Å². The monoisotopic (exact) mass is 419 g/mol. The Bertz CT molecular complexity index is 855. The smallest absolute Gasteiger partial charge is 0.0781 e. The molecule has 2 heteroatoms. The zero-order valence-corrected chi connectivity index (χ0v) is 18.0. The normalized spacial score (nSPS) is 11.1. The van der Waals surface area contributed by atoms with Gasteiger partial charge in [0.25, 0.3) is 0 Å². The minimum Gasteiger partial charge on any atom is -0.247 e. The highest BCUT2D eigenvalue weighted by atomic mass is 79.9. The second-order valence-electron chi connectivity index (χ2n) is 7.43. The first-order chi connectivity index (χ1) is 13.0. The summed E-state index contributed by atoms with van der Waals surface area (Å²) in [5.74, 6) is 0.790. The summed E-state index contributed by atoms with van der Waals surface area (Å²) in [4.78, 5) is 5.28. The molecule has 0 amide bonds. The van der Waals surface area contributed by atoms with Gasteiger partial charge in [-0.15, -0.1) is 0 Å². The molecule has 3 aromatic rings. The van der Waals surface area contributed by atoms with Crippen LogP contribution in [0.4, 0.5) is 5.69 Å². The van der Waals surface area contributed by atoms with Gasteiger partial charge in [-0.25, -0.2) is 4.99 Å². The first-order valence-electron chi connectivity index (χ1n) is 9.50. The lowest BCUT2D eigenvalue weighted by Crippen LogP contribution is -2.05. The van der Waals surface area contributed by atoms with Crippen molar-refractivity contribution in [3.63, 3.8) is 0 Å². The van der Waals surface area contributed by atoms with Crippen molar-refractivity contribution in [2.75, 3.05) is 0 Å². The van der Waals surface area contributed by atoms with Gasteiger partial charge in [-0.05, 0) is 35.1 Å². The average molecular weight is 420 g/mol. The van der Waals surface area contributed by atoms with Crippen molar-refractivity contribution in [3.8, 4) is 0 Å². The molecule has 0 aliphatic rings. The Morgan fingerprint density at radius 2 is 1.11 bits per heavy atom. The van der Waals surface area contributed by atoms with Crippen LogP contribution in [-0.2, 0) is 0 Å². The number of halogens is 1. The molecular weight excluding hydrogens is 394 g/mol. The third-order valence-electron chi connectivity index (χ3n) is 4.70. The molecule has 0 spiro atoms. The molecule has 138 valence electrons. The van der Waals surface area contributed by atoms with Crippen molar-refractivity contribution < 1.29 is 0 Å². The number of rotatable bonds is 5. The summed E-state index contributed by atoms with van der Waals surface area (Å²) >= 11 is 3.69. The van der Waals surface area contributed by atoms with Crippen LogP contribution in [0.3, 0.4) is 0 Å². The van der Waals surface area contributed by atoms with Gasteiger partial charge < -0.3 is 0 Å². The lowest BCUT2D eigenvalue weighted by Gasteiger charge is -2.19. The van der Waals surface area contributed by atoms with Crippen molar-refractivity contribution in [2.24, 2.45) is 4.99 Å². The van der Waals surface area contributed by atoms with Crippen molar-refractivity contribution in [3.05, 3.63) is 99.5 Å². The largest absolute Gasteiger partial charge is 0.247 e. The molecule has 0 bridgehead atoms. The Morgan fingerprint density at radius 1 is 0.704 bits per heavy atom. The molecule has 0 radical (unpaired) electrons. The summed E-state index contributed by atoms with van der Waals surface area (Å²) in [7, 11) is 0. The summed E-state index contributed by atoms with van der Waals surface area (Å²) < 4.78 is 1.12. The molecule has 27 heavy (non-hydrogen) atoms. The van der Waals surface area contributed by atoms with Crippen LogP contribution in [0, 0.1) is 0 Å². The van der Waals surface area contributed by atoms with Crippen molar-refractivity contribution in [2.45, 2.75) is 39.5 Å². The zero-order valence-electron chi connectivity index (χ0n) is 16.4. The molecule has 3 aromatic carbocycles. The van der Waals surface area contributed by atoms with Crippen LogP contribution in [0.2, 0.25) is 0 Å². The summed E-state index contributed by atoms with van der Waals surface area (Å²) in [6.07, 6.45) is 0. The van der Waals surface area contributed by atoms with Crippen LogP contribution in [0.5, 0.6) is 0 Å². The van der Waals surface area contributed by atoms with Crippen LogP contribution >= 0.6 is 15.9 Å². The summed E-state index contributed by atoms with van der Waals surface area (Å²) in [5, 5.41) is 0. The highest BCUT2D eigenvalue weighted by Gasteiger charge is 2.17. The quantitative estimate of drug-likeness (QED) is 0.373. The number of aliphatic imine (C=N–C) groups is 1. The lowest BCUT2D eigenvalue weighted by molar-refractivity contribution is 0.833. The van der Waals surface area contributed by atoms with Crippen LogP contribution in [0.15, 0.2) is 82.3 Å². The molecule has 0 N–H and O–H groups in total. The maximum absolute atomic E-state index is 5.28. The standard InChI is InChI=1S/C25H26BrN/c1-17(2)22-15-21(26)16-23(18(3)4)25(22)27-24(19-11-7-5-8-12-19)20-13-9-6-10-14-20/h5-18H,1-4H3. The molecule has 0 aromatic heterocycles. The fourth-order valence-corrected chi connectivity index (χ4v) is 3.74. The lowest BCUT2D eigenvalue weighted by atomic mass is 9.92. The molecule has 0 saturated carbocycles. The van der Waals surface area contributed by atoms with Crippen LogP contribution in [0.25, 0.3) is 0 Å². The molecule has 0 heterocycles. The predicted octanol–water partition coefficient (Wildman–Crippen LogP) is 7.87. The van der Waals surface area contributed by atoms with E-state index in [2.05, 4.69) is 104 Å². The maximum Gasteiger partial charge on any atom is 0.0781 e. The topological polar surface area (TPSA) is 12.4 Å². The first-order valence-corrected chi connectivity index (χ1v) is 10.3. The van der Waals surface area contributed by atoms with E-state index in [1.165, 1.54) is 11.1 Å². The number of benzene rings is 3. The van der Waals surface area contributed by atoms with Crippen LogP contribution < -0.4 is 0 Å². The fourth-order valence-electron chi connectivity index (χ4n) is 3.25. The van der Waals surface area contributed by atoms with E-state index >= 15 is 0 Å². The van der Waals surface area contributed by atoms with E-state index in [4.69, 9.17) is 4.99 Å². The van der Waals surface area contributed by atoms with E-state index in [9.17, 15) is 0 Å². The van der Waals surface area contributed by atoms with Crippen LogP contribution in [0.1, 0.15) is 61.8 Å². The van der Waals surface area contributed by atoms with Crippen molar-refractivity contribution in [1.29, 1.82) is 0 Å². The Balaban J connectivity index is 2.31. The van der Waals surface area contributed by atoms with E-state index in [0.29, 0.717) is 11.8 Å². The van der Waals surface area contributed by atoms with Crippen molar-refractivity contribution in [1.82, 2.24) is 0 Å². The van der Waals surface area contributed by atoms with Gasteiger partial charge in [0.05, 0.1) is 11.4 Å². The summed E-state index contributed by atoms with van der Waals surface area (Å²) in [6, 6.07) is 25.3. The number of hydrogen-bond donors (Lipinski definition) is 0. The molecule has 1 nitrogen and oxygen atoms in total. The number of hydrogen-bond acceptors (Lipinski definition) is 1. The van der Waals surface area contributed by atoms with E-state index in [1.807, 2.05) is 12.1 Å². The van der Waals surface area contributed by atoms with Gasteiger partial charge in [0.1, 0.15) is 0 Å². The molecule has 0 unspecified atom stereocenters. The zero-order chi connectivity index (χ0) is 19.4. The predicted molar refractivity (Wildman–Crippen MR) is 121 cm³/mol. The van der Waals surface area contributed by atoms with Gasteiger partial charge in [0.2, 0.25) is 0 Å². The van der Waals surface area contributed by atoms with Gasteiger partial charge in [0, 0.05) is 15.6 Å².